The molecule has 1 amide bonds. The molecule has 2 rings (SSSR count). The molecule has 0 unspecified atom stereocenters. The van der Waals surface area contributed by atoms with Gasteiger partial charge in [0.15, 0.2) is 5.13 Å². The minimum absolute atomic E-state index is 0.0401. The number of hydrogen-bond acceptors (Lipinski definition) is 6. The number of aromatic nitrogens is 1. The third kappa shape index (κ3) is 4.65. The van der Waals surface area contributed by atoms with E-state index in [2.05, 4.69) is 10.3 Å². The number of carbonyl (C=O) groups excluding carboxylic acids is 1. The van der Waals surface area contributed by atoms with Crippen LogP contribution >= 0.6 is 11.3 Å². The van der Waals surface area contributed by atoms with E-state index in [1.807, 2.05) is 37.7 Å². The van der Waals surface area contributed by atoms with Gasteiger partial charge in [0, 0.05) is 26.2 Å². The molecule has 0 spiro atoms. The Kier molecular flexibility index (Phi) is 6.00. The Balaban J connectivity index is 2.06. The number of nitrogens with zero attached hydrogens (tertiary/aromatic N) is 3. The number of anilines is 1. The van der Waals surface area contributed by atoms with Crippen molar-refractivity contribution >= 4 is 22.4 Å². The number of nitrogens with one attached hydrogen (secondary N) is 1. The molecule has 2 N–H and O–H groups in total. The summed E-state index contributed by atoms with van der Waals surface area (Å²) in [7, 11) is 3.93. The van der Waals surface area contributed by atoms with Gasteiger partial charge in [-0.15, -0.1) is 0 Å². The van der Waals surface area contributed by atoms with E-state index in [-0.39, 0.29) is 5.91 Å². The molecule has 0 bridgehead atoms. The number of likely N-dealkylation sites (tertiary alicyclic amines) is 1. The fraction of sp³-hybridized carbons (Fsp3) is 0.750. The average Bonchev–Trinajstić information content (AvgIpc) is 2.71. The predicted molar refractivity (Wildman–Crippen MR) is 94.3 cm³/mol. The van der Waals surface area contributed by atoms with E-state index in [1.54, 1.807) is 0 Å². The lowest BCUT2D eigenvalue weighted by Crippen LogP contribution is -2.41. The SMILES string of the molecule is CCNc1nc(C)c(C(=O)N2CCC[C@](O)(CN(C)C)CC2)s1. The monoisotopic (exact) mass is 340 g/mol. The van der Waals surface area contributed by atoms with Gasteiger partial charge >= 0.3 is 0 Å². The van der Waals surface area contributed by atoms with Gasteiger partial charge in [-0.05, 0) is 47.2 Å². The molecule has 1 aliphatic heterocycles. The number of thiazole rings is 1. The molecule has 130 valence electrons. The normalized spacial score (nSPS) is 22.3. The van der Waals surface area contributed by atoms with Crippen LogP contribution in [0.15, 0.2) is 0 Å². The zero-order chi connectivity index (χ0) is 17.0. The minimum atomic E-state index is -0.698. The lowest BCUT2D eigenvalue weighted by Gasteiger charge is -2.29. The van der Waals surface area contributed by atoms with Crippen LogP contribution in [0.4, 0.5) is 5.13 Å². The number of amides is 1. The number of aryl methyl sites for hydroxylation is 1. The van der Waals surface area contributed by atoms with E-state index in [9.17, 15) is 9.90 Å². The van der Waals surface area contributed by atoms with Crippen molar-refractivity contribution in [1.29, 1.82) is 0 Å². The second kappa shape index (κ2) is 7.59. The van der Waals surface area contributed by atoms with Crippen molar-refractivity contribution in [2.24, 2.45) is 0 Å². The highest BCUT2D eigenvalue weighted by Crippen LogP contribution is 2.27. The lowest BCUT2D eigenvalue weighted by molar-refractivity contribution is 0.00306. The van der Waals surface area contributed by atoms with Crippen LogP contribution in [0.1, 0.15) is 41.6 Å². The Morgan fingerprint density at radius 2 is 2.17 bits per heavy atom. The molecule has 1 atom stereocenters. The largest absolute Gasteiger partial charge is 0.388 e. The van der Waals surface area contributed by atoms with Crippen molar-refractivity contribution in [3.8, 4) is 0 Å². The Hall–Kier alpha value is -1.18. The van der Waals surface area contributed by atoms with Gasteiger partial charge in [0.05, 0.1) is 11.3 Å². The molecule has 23 heavy (non-hydrogen) atoms. The molecule has 0 aromatic carbocycles. The van der Waals surface area contributed by atoms with E-state index in [0.29, 0.717) is 30.9 Å². The number of carbonyl (C=O) groups is 1. The number of hydrogen-bond donors (Lipinski definition) is 2. The fourth-order valence-electron chi connectivity index (χ4n) is 3.09. The maximum atomic E-state index is 12.8. The molecule has 7 heteroatoms. The molecule has 1 aromatic rings. The van der Waals surface area contributed by atoms with Gasteiger partial charge in [-0.2, -0.15) is 0 Å². The van der Waals surface area contributed by atoms with Gasteiger partial charge in [-0.3, -0.25) is 4.79 Å². The molecular formula is C16H28N4O2S. The van der Waals surface area contributed by atoms with E-state index in [4.69, 9.17) is 0 Å². The molecule has 0 saturated carbocycles. The number of aliphatic hydroxyl groups is 1. The highest BCUT2D eigenvalue weighted by molar-refractivity contribution is 7.17. The Morgan fingerprint density at radius 1 is 1.43 bits per heavy atom. The average molecular weight is 340 g/mol. The van der Waals surface area contributed by atoms with Gasteiger partial charge in [-0.1, -0.05) is 11.3 Å². The van der Waals surface area contributed by atoms with E-state index < -0.39 is 5.60 Å². The van der Waals surface area contributed by atoms with Gasteiger partial charge in [0.25, 0.3) is 5.91 Å². The van der Waals surface area contributed by atoms with Crippen molar-refractivity contribution in [1.82, 2.24) is 14.8 Å². The molecule has 1 saturated heterocycles. The molecule has 0 radical (unpaired) electrons. The van der Waals surface area contributed by atoms with Gasteiger partial charge in [0.2, 0.25) is 0 Å². The maximum Gasteiger partial charge on any atom is 0.265 e. The highest BCUT2D eigenvalue weighted by Gasteiger charge is 2.33. The predicted octanol–water partition coefficient (Wildman–Crippen LogP) is 1.80. The Morgan fingerprint density at radius 3 is 2.83 bits per heavy atom. The van der Waals surface area contributed by atoms with E-state index in [1.165, 1.54) is 11.3 Å². The van der Waals surface area contributed by atoms with Crippen LogP contribution in [0.2, 0.25) is 0 Å². The second-order valence-corrected chi connectivity index (χ2v) is 7.57. The summed E-state index contributed by atoms with van der Waals surface area (Å²) in [5, 5.41) is 14.7. The Bertz CT molecular complexity index is 546. The first kappa shape index (κ1) is 18.2. The van der Waals surface area contributed by atoms with E-state index in [0.717, 1.165) is 30.2 Å². The quantitative estimate of drug-likeness (QED) is 0.855. The highest BCUT2D eigenvalue weighted by atomic mass is 32.1. The van der Waals surface area contributed by atoms with Crippen LogP contribution in [0.5, 0.6) is 0 Å². The number of rotatable bonds is 5. The first-order valence-corrected chi connectivity index (χ1v) is 9.04. The summed E-state index contributed by atoms with van der Waals surface area (Å²) in [5.74, 6) is 0.0401. The topological polar surface area (TPSA) is 68.7 Å². The summed E-state index contributed by atoms with van der Waals surface area (Å²) < 4.78 is 0. The molecule has 1 aliphatic rings. The van der Waals surface area contributed by atoms with Gasteiger partial charge < -0.3 is 20.2 Å². The first-order valence-electron chi connectivity index (χ1n) is 8.22. The maximum absolute atomic E-state index is 12.8. The third-order valence-corrected chi connectivity index (χ3v) is 5.24. The molecule has 1 aromatic heterocycles. The van der Waals surface area contributed by atoms with Crippen LogP contribution in [-0.2, 0) is 0 Å². The molecule has 1 fully saturated rings. The van der Waals surface area contributed by atoms with Crippen LogP contribution in [-0.4, -0.2) is 71.7 Å². The van der Waals surface area contributed by atoms with Gasteiger partial charge in [0.1, 0.15) is 4.88 Å². The van der Waals surface area contributed by atoms with Crippen molar-refractivity contribution in [2.45, 2.75) is 38.7 Å². The van der Waals surface area contributed by atoms with Crippen molar-refractivity contribution < 1.29 is 9.90 Å². The molecule has 6 nitrogen and oxygen atoms in total. The standard InChI is InChI=1S/C16H28N4O2S/c1-5-17-15-18-12(2)13(23-15)14(21)20-9-6-7-16(22,8-10-20)11-19(3)4/h22H,5-11H2,1-4H3,(H,17,18)/t16-/m1/s1. The second-order valence-electron chi connectivity index (χ2n) is 6.57. The summed E-state index contributed by atoms with van der Waals surface area (Å²) in [5.41, 5.74) is 0.0830. The van der Waals surface area contributed by atoms with Crippen molar-refractivity contribution in [3.63, 3.8) is 0 Å². The zero-order valence-corrected chi connectivity index (χ0v) is 15.4. The molecular weight excluding hydrogens is 312 g/mol. The minimum Gasteiger partial charge on any atom is -0.388 e. The molecule has 0 aliphatic carbocycles. The summed E-state index contributed by atoms with van der Waals surface area (Å²) in [6, 6.07) is 0. The Labute approximate surface area is 142 Å². The van der Waals surface area contributed by atoms with Gasteiger partial charge in [-0.25, -0.2) is 4.98 Å². The van der Waals surface area contributed by atoms with Crippen molar-refractivity contribution in [3.05, 3.63) is 10.6 Å². The fourth-order valence-corrected chi connectivity index (χ4v) is 4.10. The van der Waals surface area contributed by atoms with Crippen LogP contribution in [0.3, 0.4) is 0 Å². The van der Waals surface area contributed by atoms with Crippen LogP contribution in [0, 0.1) is 6.92 Å². The smallest absolute Gasteiger partial charge is 0.265 e. The lowest BCUT2D eigenvalue weighted by atomic mass is 9.94. The van der Waals surface area contributed by atoms with Crippen molar-refractivity contribution in [2.75, 3.05) is 45.6 Å². The zero-order valence-electron chi connectivity index (χ0n) is 14.6. The first-order chi connectivity index (χ1) is 10.8. The third-order valence-electron chi connectivity index (χ3n) is 4.13. The summed E-state index contributed by atoms with van der Waals surface area (Å²) >= 11 is 1.42. The number of likely N-dealkylation sites (N-methyl/N-ethyl adjacent to an activating group) is 1. The molecule has 2 heterocycles. The van der Waals surface area contributed by atoms with Crippen LogP contribution < -0.4 is 5.32 Å². The summed E-state index contributed by atoms with van der Waals surface area (Å²) in [6.07, 6.45) is 2.18. The summed E-state index contributed by atoms with van der Waals surface area (Å²) in [6.45, 7) is 6.62. The van der Waals surface area contributed by atoms with Crippen LogP contribution in [0.25, 0.3) is 0 Å². The van der Waals surface area contributed by atoms with E-state index >= 15 is 0 Å². The summed E-state index contributed by atoms with van der Waals surface area (Å²) in [4.78, 5) is 21.8.